The summed E-state index contributed by atoms with van der Waals surface area (Å²) in [6.07, 6.45) is 0.676. The predicted octanol–water partition coefficient (Wildman–Crippen LogP) is 6.81. The highest BCUT2D eigenvalue weighted by atomic mass is 32.2. The molecule has 0 N–H and O–H groups in total. The van der Waals surface area contributed by atoms with E-state index in [0.29, 0.717) is 12.2 Å². The van der Waals surface area contributed by atoms with Gasteiger partial charge in [-0.2, -0.15) is 11.3 Å². The van der Waals surface area contributed by atoms with E-state index in [2.05, 4.69) is 17.5 Å². The highest BCUT2D eigenvalue weighted by Gasteiger charge is 2.39. The average Bonchev–Trinajstić information content (AvgIpc) is 3.48. The largest absolute Gasteiger partial charge is 0.497 e. The van der Waals surface area contributed by atoms with Crippen LogP contribution in [0.2, 0.25) is 0 Å². The van der Waals surface area contributed by atoms with E-state index < -0.39 is 10.0 Å². The van der Waals surface area contributed by atoms with Crippen LogP contribution in [0.4, 0.5) is 5.69 Å². The number of benzene rings is 2. The van der Waals surface area contributed by atoms with Crippen LogP contribution < -0.4 is 9.04 Å². The van der Waals surface area contributed by atoms with Gasteiger partial charge in [0, 0.05) is 10.4 Å². The van der Waals surface area contributed by atoms with E-state index in [1.807, 2.05) is 36.6 Å². The molecule has 1 aliphatic heterocycles. The smallest absolute Gasteiger partial charge is 0.264 e. The minimum absolute atomic E-state index is 0.263. The molecule has 0 amide bonds. The summed E-state index contributed by atoms with van der Waals surface area (Å²) in [6, 6.07) is 18.6. The van der Waals surface area contributed by atoms with Gasteiger partial charge in [0.1, 0.15) is 5.75 Å². The van der Waals surface area contributed by atoms with Gasteiger partial charge < -0.3 is 4.74 Å². The number of hydrogen-bond donors (Lipinski definition) is 0. The first-order valence-electron chi connectivity index (χ1n) is 9.98. The SMILES string of the molecule is CCC1c2ccccc2-c2sc(-c3ccsc3)cc2N1S(=O)(=O)c1ccc(OC)cc1. The third kappa shape index (κ3) is 3.28. The third-order valence-corrected chi connectivity index (χ3v) is 9.33. The van der Waals surface area contributed by atoms with Crippen molar-refractivity contribution >= 4 is 38.4 Å². The molecule has 31 heavy (non-hydrogen) atoms. The van der Waals surface area contributed by atoms with Crippen LogP contribution in [0.25, 0.3) is 20.9 Å². The van der Waals surface area contributed by atoms with Crippen LogP contribution in [-0.2, 0) is 10.0 Å². The normalized spacial score (nSPS) is 15.4. The van der Waals surface area contributed by atoms with Crippen molar-refractivity contribution in [1.29, 1.82) is 0 Å². The lowest BCUT2D eigenvalue weighted by Crippen LogP contribution is -2.37. The number of nitrogens with zero attached hydrogens (tertiary/aromatic N) is 1. The average molecular weight is 468 g/mol. The Bertz CT molecular complexity index is 1320. The first kappa shape index (κ1) is 20.3. The van der Waals surface area contributed by atoms with E-state index in [-0.39, 0.29) is 10.9 Å². The van der Waals surface area contributed by atoms with Gasteiger partial charge in [0.2, 0.25) is 0 Å². The molecule has 0 fully saturated rings. The van der Waals surface area contributed by atoms with Gasteiger partial charge in [0.05, 0.1) is 28.6 Å². The van der Waals surface area contributed by atoms with Crippen LogP contribution in [0.5, 0.6) is 5.75 Å². The Kier molecular flexibility index (Phi) is 5.12. The fourth-order valence-corrected chi connectivity index (χ4v) is 7.81. The number of rotatable bonds is 5. The van der Waals surface area contributed by atoms with Crippen molar-refractivity contribution in [2.45, 2.75) is 24.3 Å². The lowest BCUT2D eigenvalue weighted by Gasteiger charge is -2.37. The lowest BCUT2D eigenvalue weighted by molar-refractivity contribution is 0.414. The summed E-state index contributed by atoms with van der Waals surface area (Å²) in [4.78, 5) is 2.34. The van der Waals surface area contributed by atoms with Crippen LogP contribution >= 0.6 is 22.7 Å². The van der Waals surface area contributed by atoms with Gasteiger partial charge in [-0.3, -0.25) is 4.31 Å². The maximum Gasteiger partial charge on any atom is 0.264 e. The van der Waals surface area contributed by atoms with Crippen molar-refractivity contribution in [3.8, 4) is 26.6 Å². The second-order valence-electron chi connectivity index (χ2n) is 7.32. The topological polar surface area (TPSA) is 46.6 Å². The zero-order valence-electron chi connectivity index (χ0n) is 17.1. The molecule has 4 aromatic rings. The van der Waals surface area contributed by atoms with Crippen molar-refractivity contribution in [2.75, 3.05) is 11.4 Å². The molecule has 1 atom stereocenters. The molecule has 0 saturated heterocycles. The lowest BCUT2D eigenvalue weighted by atomic mass is 9.93. The van der Waals surface area contributed by atoms with Gasteiger partial charge in [-0.1, -0.05) is 31.2 Å². The van der Waals surface area contributed by atoms with Crippen molar-refractivity contribution in [1.82, 2.24) is 0 Å². The van der Waals surface area contributed by atoms with Gasteiger partial charge in [-0.15, -0.1) is 11.3 Å². The Morgan fingerprint density at radius 3 is 2.52 bits per heavy atom. The Balaban J connectivity index is 1.73. The zero-order valence-corrected chi connectivity index (χ0v) is 19.6. The van der Waals surface area contributed by atoms with Crippen LogP contribution in [-0.4, -0.2) is 15.5 Å². The Morgan fingerprint density at radius 1 is 1.06 bits per heavy atom. The van der Waals surface area contributed by atoms with Crippen molar-refractivity contribution in [3.63, 3.8) is 0 Å². The molecule has 0 spiro atoms. The molecule has 4 nitrogen and oxygen atoms in total. The number of fused-ring (bicyclic) bond motifs is 3. The summed E-state index contributed by atoms with van der Waals surface area (Å²) >= 11 is 3.29. The molecular formula is C24H21NO3S3. The third-order valence-electron chi connectivity index (χ3n) is 5.61. The summed E-state index contributed by atoms with van der Waals surface area (Å²) in [5.41, 5.74) is 4.05. The maximum atomic E-state index is 13.9. The number of anilines is 1. The standard InChI is InChI=1S/C24H21NO3S3/c1-3-21-19-6-4-5-7-20(19)24-22(14-23(30-24)16-12-13-29-15-16)25(21)31(26,27)18-10-8-17(28-2)9-11-18/h4-15,21H,3H2,1-2H3. The predicted molar refractivity (Wildman–Crippen MR) is 129 cm³/mol. The summed E-state index contributed by atoms with van der Waals surface area (Å²) in [6.45, 7) is 2.04. The molecule has 3 heterocycles. The second-order valence-corrected chi connectivity index (χ2v) is 11.0. The molecule has 5 rings (SSSR count). The van der Waals surface area contributed by atoms with E-state index >= 15 is 0 Å². The maximum absolute atomic E-state index is 13.9. The Labute approximate surface area is 190 Å². The van der Waals surface area contributed by atoms with E-state index in [9.17, 15) is 8.42 Å². The molecule has 0 radical (unpaired) electrons. The minimum atomic E-state index is -3.77. The van der Waals surface area contributed by atoms with E-state index in [0.717, 1.165) is 32.1 Å². The van der Waals surface area contributed by atoms with Gasteiger partial charge >= 0.3 is 0 Å². The zero-order chi connectivity index (χ0) is 21.6. The number of thiophene rings is 2. The van der Waals surface area contributed by atoms with Crippen molar-refractivity contribution in [3.05, 3.63) is 77.0 Å². The molecular weight excluding hydrogens is 446 g/mol. The molecule has 0 saturated carbocycles. The van der Waals surface area contributed by atoms with Crippen molar-refractivity contribution in [2.24, 2.45) is 0 Å². The fourth-order valence-electron chi connectivity index (χ4n) is 4.12. The first-order valence-corrected chi connectivity index (χ1v) is 13.2. The van der Waals surface area contributed by atoms with Gasteiger partial charge in [0.15, 0.2) is 0 Å². The fraction of sp³-hybridized carbons (Fsp3) is 0.167. The van der Waals surface area contributed by atoms with Crippen molar-refractivity contribution < 1.29 is 13.2 Å². The quantitative estimate of drug-likeness (QED) is 0.324. The first-order chi connectivity index (χ1) is 15.0. The highest BCUT2D eigenvalue weighted by Crippen LogP contribution is 2.53. The number of ether oxygens (including phenoxy) is 1. The van der Waals surface area contributed by atoms with E-state index in [4.69, 9.17) is 4.74 Å². The second kappa shape index (κ2) is 7.82. The van der Waals surface area contributed by atoms with Crippen LogP contribution in [0.3, 0.4) is 0 Å². The van der Waals surface area contributed by atoms with E-state index in [1.165, 1.54) is 0 Å². The van der Waals surface area contributed by atoms with Gasteiger partial charge in [0.25, 0.3) is 10.0 Å². The van der Waals surface area contributed by atoms with Crippen LogP contribution in [0, 0.1) is 0 Å². The molecule has 2 aromatic carbocycles. The van der Waals surface area contributed by atoms with Crippen LogP contribution in [0.15, 0.2) is 76.3 Å². The summed E-state index contributed by atoms with van der Waals surface area (Å²) < 4.78 is 34.7. The van der Waals surface area contributed by atoms with Crippen LogP contribution in [0.1, 0.15) is 24.9 Å². The Morgan fingerprint density at radius 2 is 1.84 bits per heavy atom. The number of sulfonamides is 1. The van der Waals surface area contributed by atoms with E-state index in [1.54, 1.807) is 58.4 Å². The Hall–Kier alpha value is -2.61. The molecule has 158 valence electrons. The molecule has 0 aliphatic carbocycles. The number of methoxy groups -OCH3 is 1. The molecule has 1 aliphatic rings. The highest BCUT2D eigenvalue weighted by molar-refractivity contribution is 7.92. The van der Waals surface area contributed by atoms with Gasteiger partial charge in [-0.25, -0.2) is 8.42 Å². The number of hydrogen-bond acceptors (Lipinski definition) is 5. The molecule has 2 aromatic heterocycles. The summed E-state index contributed by atoms with van der Waals surface area (Å²) in [7, 11) is -2.20. The molecule has 1 unspecified atom stereocenters. The monoisotopic (exact) mass is 467 g/mol. The summed E-state index contributed by atoms with van der Waals surface area (Å²) in [5.74, 6) is 0.631. The molecule has 7 heteroatoms. The summed E-state index contributed by atoms with van der Waals surface area (Å²) in [5, 5.41) is 4.14. The minimum Gasteiger partial charge on any atom is -0.497 e. The molecule has 0 bridgehead atoms. The van der Waals surface area contributed by atoms with Gasteiger partial charge in [-0.05, 0) is 64.7 Å².